The van der Waals surface area contributed by atoms with Crippen LogP contribution in [0, 0.1) is 23.7 Å². The first-order valence-electron chi connectivity index (χ1n) is 18.1. The third-order valence-corrected chi connectivity index (χ3v) is 11.1. The number of carbonyl (C=O) groups is 4. The maximum absolute atomic E-state index is 14.0. The Morgan fingerprint density at radius 2 is 1.67 bits per heavy atom. The number of carbonyl (C=O) groups excluding carboxylic acids is 4. The number of fused-ring (bicyclic) bond motifs is 3. The zero-order valence-electron chi connectivity index (χ0n) is 28.9. The molecule has 4 aliphatic rings. The second-order valence-corrected chi connectivity index (χ2v) is 15.0. The van der Waals surface area contributed by atoms with Crippen molar-refractivity contribution in [2.75, 3.05) is 13.2 Å². The maximum Gasteiger partial charge on any atom is 0.329 e. The van der Waals surface area contributed by atoms with Crippen LogP contribution in [-0.2, 0) is 28.7 Å². The number of piperidine rings is 1. The van der Waals surface area contributed by atoms with Crippen LogP contribution in [0.3, 0.4) is 0 Å². The highest BCUT2D eigenvalue weighted by molar-refractivity contribution is 6.39. The molecule has 2 saturated heterocycles. The van der Waals surface area contributed by atoms with E-state index in [2.05, 4.69) is 0 Å². The summed E-state index contributed by atoms with van der Waals surface area (Å²) >= 11 is 0. The monoisotopic (exact) mass is 675 g/mol. The lowest BCUT2D eigenvalue weighted by atomic mass is 9.77. The fourth-order valence-corrected chi connectivity index (χ4v) is 7.87. The minimum atomic E-state index is -2.43. The summed E-state index contributed by atoms with van der Waals surface area (Å²) in [4.78, 5) is 55.8. The van der Waals surface area contributed by atoms with Gasteiger partial charge in [-0.25, -0.2) is 4.79 Å². The summed E-state index contributed by atoms with van der Waals surface area (Å²) in [6.45, 7) is 5.30. The molecule has 0 spiro atoms. The van der Waals surface area contributed by atoms with Crippen LogP contribution in [0.2, 0.25) is 0 Å². The molecule has 11 nitrogen and oxygen atoms in total. The average molecular weight is 676 g/mol. The summed E-state index contributed by atoms with van der Waals surface area (Å²) in [6, 6.07) is -1.02. The number of allylic oxidation sites excluding steroid dienone is 3. The molecule has 3 aliphatic heterocycles. The van der Waals surface area contributed by atoms with Crippen LogP contribution in [-0.4, -0.2) is 97.7 Å². The topological polar surface area (TPSA) is 171 Å². The Balaban J connectivity index is 1.63. The lowest BCUT2D eigenvalue weighted by Gasteiger charge is -2.43. The van der Waals surface area contributed by atoms with Gasteiger partial charge in [-0.15, -0.1) is 0 Å². The lowest BCUT2D eigenvalue weighted by molar-refractivity contribution is -0.268. The van der Waals surface area contributed by atoms with Gasteiger partial charge in [0.1, 0.15) is 11.6 Å². The number of rotatable bonds is 3. The Morgan fingerprint density at radius 1 is 0.917 bits per heavy atom. The highest BCUT2D eigenvalue weighted by atomic mass is 16.6. The molecule has 11 heteroatoms. The third kappa shape index (κ3) is 9.41. The van der Waals surface area contributed by atoms with Gasteiger partial charge < -0.3 is 34.8 Å². The zero-order valence-corrected chi connectivity index (χ0v) is 28.9. The number of amides is 1. The highest BCUT2D eigenvalue weighted by Gasteiger charge is 2.54. The molecule has 48 heavy (non-hydrogen) atoms. The predicted octanol–water partition coefficient (Wildman–Crippen LogP) is 3.54. The van der Waals surface area contributed by atoms with Gasteiger partial charge in [0.25, 0.3) is 11.7 Å². The van der Waals surface area contributed by atoms with Crippen molar-refractivity contribution < 1.29 is 49.1 Å². The van der Waals surface area contributed by atoms with Crippen molar-refractivity contribution in [1.82, 2.24) is 4.90 Å². The molecule has 3 heterocycles. The number of Topliss-reactive ketones (excluding diaryl/α,β-unsaturated/α-hetero) is 1. The van der Waals surface area contributed by atoms with E-state index in [0.717, 1.165) is 0 Å². The molecular weight excluding hydrogens is 618 g/mol. The van der Waals surface area contributed by atoms with E-state index in [0.29, 0.717) is 89.9 Å². The molecule has 4 rings (SSSR count). The number of hydrogen-bond acceptors (Lipinski definition) is 10. The van der Waals surface area contributed by atoms with Gasteiger partial charge in [-0.3, -0.25) is 14.4 Å². The first-order valence-corrected chi connectivity index (χ1v) is 18.1. The smallest absolute Gasteiger partial charge is 0.329 e. The molecule has 2 bridgehead atoms. The van der Waals surface area contributed by atoms with Crippen molar-refractivity contribution >= 4 is 23.4 Å². The second kappa shape index (κ2) is 17.0. The molecule has 5 unspecified atom stereocenters. The third-order valence-electron chi connectivity index (χ3n) is 11.1. The molecular formula is C37H57NO10. The predicted molar refractivity (Wildman–Crippen MR) is 177 cm³/mol. The normalized spacial score (nSPS) is 41.4. The molecule has 1 aliphatic carbocycles. The van der Waals surface area contributed by atoms with Gasteiger partial charge >= 0.3 is 5.97 Å². The van der Waals surface area contributed by atoms with Gasteiger partial charge in [-0.1, -0.05) is 32.1 Å². The Labute approximate surface area is 284 Å². The minimum absolute atomic E-state index is 0.00780. The number of cyclic esters (lactones) is 1. The molecule has 4 N–H and O–H groups in total. The van der Waals surface area contributed by atoms with E-state index in [1.54, 1.807) is 19.9 Å². The number of aliphatic hydroxyl groups is 4. The van der Waals surface area contributed by atoms with Crippen molar-refractivity contribution in [3.63, 3.8) is 0 Å². The molecule has 1 saturated carbocycles. The molecule has 0 aromatic heterocycles. The van der Waals surface area contributed by atoms with Crippen LogP contribution in [0.25, 0.3) is 0 Å². The van der Waals surface area contributed by atoms with Crippen molar-refractivity contribution in [3.8, 4) is 0 Å². The number of aliphatic hydroxyl groups excluding tert-OH is 3. The maximum atomic E-state index is 14.0. The quantitative estimate of drug-likeness (QED) is 0.197. The standard InChI is InChI=1S/C37H57NO10/c1-24-15-18-32-25(2)29(40)14-7-5-4-6-11-26(23-39)12-10-19-36(3,22-27-16-17-30(41)31(42)21-27)48-35(45)28-13-8-9-20-38(28)34(44)33(43)37(24,46)47-32/h6-7,11,14,24-28,30-32,39,41-42,46H,4-5,8-10,12-13,15-23H2,1-3H3/b11-6+,14-7+/t24-,25+,26-,27?,28?,30-,31-,32?,36?,37?/m1/s1. The summed E-state index contributed by atoms with van der Waals surface area (Å²) in [5.41, 5.74) is -0.958. The summed E-state index contributed by atoms with van der Waals surface area (Å²) in [6.07, 6.45) is 12.2. The minimum Gasteiger partial charge on any atom is -0.458 e. The van der Waals surface area contributed by atoms with Gasteiger partial charge in [0.05, 0.1) is 18.3 Å². The number of nitrogens with zero attached hydrogens (tertiary/aromatic N) is 1. The van der Waals surface area contributed by atoms with Gasteiger partial charge in [-0.05, 0) is 115 Å². The van der Waals surface area contributed by atoms with Crippen LogP contribution in [0.5, 0.6) is 0 Å². The Kier molecular flexibility index (Phi) is 13.6. The van der Waals surface area contributed by atoms with E-state index in [4.69, 9.17) is 9.47 Å². The second-order valence-electron chi connectivity index (χ2n) is 15.0. The average Bonchev–Trinajstić information content (AvgIpc) is 3.06. The van der Waals surface area contributed by atoms with Gasteiger partial charge in [0.15, 0.2) is 5.78 Å². The Morgan fingerprint density at radius 3 is 2.40 bits per heavy atom. The van der Waals surface area contributed by atoms with E-state index < -0.39 is 65.2 Å². The Bertz CT molecular complexity index is 1200. The number of ketones is 2. The Hall–Kier alpha value is -2.44. The molecule has 0 aromatic rings. The molecule has 10 atom stereocenters. The van der Waals surface area contributed by atoms with Crippen LogP contribution in [0.4, 0.5) is 0 Å². The van der Waals surface area contributed by atoms with E-state index in [1.165, 1.54) is 11.0 Å². The van der Waals surface area contributed by atoms with Gasteiger partial charge in [0, 0.05) is 25.0 Å². The van der Waals surface area contributed by atoms with Crippen LogP contribution in [0.15, 0.2) is 24.3 Å². The largest absolute Gasteiger partial charge is 0.458 e. The van der Waals surface area contributed by atoms with Gasteiger partial charge in [-0.2, -0.15) is 0 Å². The number of ether oxygens (including phenoxy) is 2. The number of esters is 1. The first kappa shape index (κ1) is 38.4. The molecule has 0 radical (unpaired) electrons. The molecule has 0 aromatic carbocycles. The first-order chi connectivity index (χ1) is 22.8. The van der Waals surface area contributed by atoms with E-state index in [1.807, 2.05) is 19.1 Å². The fourth-order valence-electron chi connectivity index (χ4n) is 7.87. The van der Waals surface area contributed by atoms with Crippen molar-refractivity contribution in [2.45, 2.75) is 146 Å². The van der Waals surface area contributed by atoms with Crippen LogP contribution < -0.4 is 0 Å². The number of hydrogen-bond donors (Lipinski definition) is 4. The van der Waals surface area contributed by atoms with E-state index in [9.17, 15) is 39.6 Å². The highest BCUT2D eigenvalue weighted by Crippen LogP contribution is 2.39. The summed E-state index contributed by atoms with van der Waals surface area (Å²) in [7, 11) is 0. The van der Waals surface area contributed by atoms with Crippen molar-refractivity contribution in [3.05, 3.63) is 24.3 Å². The van der Waals surface area contributed by atoms with Crippen LogP contribution >= 0.6 is 0 Å². The molecule has 3 fully saturated rings. The van der Waals surface area contributed by atoms with E-state index in [-0.39, 0.29) is 30.8 Å². The molecule has 1 amide bonds. The zero-order chi connectivity index (χ0) is 35.1. The lowest BCUT2D eigenvalue weighted by Crippen LogP contribution is -2.61. The van der Waals surface area contributed by atoms with E-state index >= 15 is 0 Å². The summed E-state index contributed by atoms with van der Waals surface area (Å²) in [5.74, 6) is -6.84. The van der Waals surface area contributed by atoms with Gasteiger partial charge in [0.2, 0.25) is 5.79 Å². The summed E-state index contributed by atoms with van der Waals surface area (Å²) in [5, 5.41) is 42.1. The molecule has 270 valence electrons. The van der Waals surface area contributed by atoms with Crippen LogP contribution in [0.1, 0.15) is 111 Å². The van der Waals surface area contributed by atoms with Crippen molar-refractivity contribution in [2.24, 2.45) is 23.7 Å². The summed E-state index contributed by atoms with van der Waals surface area (Å²) < 4.78 is 12.2. The fraction of sp³-hybridized carbons (Fsp3) is 0.784. The SMILES string of the molecule is C[C@@H]1CCC2OC1(O)C(=O)C(=O)N1CCCCC1C(=O)OC(C)(CC1CC[C@@H](O)[C@H](O)C1)CCC[C@H](CO)/C=C/CC/C=C/C(=O)[C@@H]2C. The van der Waals surface area contributed by atoms with Crippen molar-refractivity contribution in [1.29, 1.82) is 0 Å².